The van der Waals surface area contributed by atoms with E-state index in [2.05, 4.69) is 0 Å². The summed E-state index contributed by atoms with van der Waals surface area (Å²) in [6.07, 6.45) is 0.318. The van der Waals surface area contributed by atoms with Gasteiger partial charge in [0.05, 0.1) is 7.11 Å². The maximum atomic E-state index is 11.8. The summed E-state index contributed by atoms with van der Waals surface area (Å²) in [6, 6.07) is 4.47. The maximum absolute atomic E-state index is 11.8. The van der Waals surface area contributed by atoms with E-state index in [0.717, 1.165) is 5.56 Å². The molecule has 0 saturated heterocycles. The first-order valence-corrected chi connectivity index (χ1v) is 6.41. The van der Waals surface area contributed by atoms with E-state index in [4.69, 9.17) is 26.8 Å². The Hall–Kier alpha value is -1.26. The summed E-state index contributed by atoms with van der Waals surface area (Å²) < 4.78 is 10.5. The molecule has 0 spiro atoms. The van der Waals surface area contributed by atoms with Crippen molar-refractivity contribution in [3.63, 3.8) is 0 Å². The standard InChI is InChI=1S/C14H20ClNO3/c1-14(2,3)19-13(17)11(16)8-9-7-10(15)5-6-12(9)18-4/h5-7,11H,8,16H2,1-4H3. The van der Waals surface area contributed by atoms with Crippen LogP contribution >= 0.6 is 11.6 Å². The Morgan fingerprint density at radius 3 is 2.58 bits per heavy atom. The van der Waals surface area contributed by atoms with Gasteiger partial charge in [-0.1, -0.05) is 11.6 Å². The molecule has 1 rings (SSSR count). The zero-order valence-electron chi connectivity index (χ0n) is 11.7. The van der Waals surface area contributed by atoms with E-state index in [0.29, 0.717) is 17.2 Å². The molecule has 0 saturated carbocycles. The Kier molecular flexibility index (Phi) is 5.20. The summed E-state index contributed by atoms with van der Waals surface area (Å²) in [7, 11) is 1.56. The van der Waals surface area contributed by atoms with E-state index >= 15 is 0 Å². The molecule has 1 aromatic carbocycles. The number of methoxy groups -OCH3 is 1. The molecule has 0 fully saturated rings. The van der Waals surface area contributed by atoms with Crippen LogP contribution in [0.5, 0.6) is 5.75 Å². The van der Waals surface area contributed by atoms with Crippen molar-refractivity contribution >= 4 is 17.6 Å². The first kappa shape index (κ1) is 15.8. The van der Waals surface area contributed by atoms with Gasteiger partial charge in [0, 0.05) is 11.4 Å². The van der Waals surface area contributed by atoms with Crippen molar-refractivity contribution in [1.29, 1.82) is 0 Å². The molecule has 5 heteroatoms. The summed E-state index contributed by atoms with van der Waals surface area (Å²) in [5, 5.41) is 0.576. The van der Waals surface area contributed by atoms with Crippen molar-refractivity contribution in [2.24, 2.45) is 5.73 Å². The van der Waals surface area contributed by atoms with Gasteiger partial charge in [0.2, 0.25) is 0 Å². The highest BCUT2D eigenvalue weighted by atomic mass is 35.5. The SMILES string of the molecule is COc1ccc(Cl)cc1CC(N)C(=O)OC(C)(C)C. The first-order chi connectivity index (χ1) is 8.73. The fourth-order valence-electron chi connectivity index (χ4n) is 1.60. The van der Waals surface area contributed by atoms with Crippen LogP contribution in [0.4, 0.5) is 0 Å². The average molecular weight is 286 g/mol. The predicted octanol–water partition coefficient (Wildman–Crippen LogP) is 2.56. The molecule has 106 valence electrons. The predicted molar refractivity (Wildman–Crippen MR) is 75.5 cm³/mol. The third-order valence-corrected chi connectivity index (χ3v) is 2.63. The molecule has 19 heavy (non-hydrogen) atoms. The topological polar surface area (TPSA) is 61.5 Å². The van der Waals surface area contributed by atoms with Crippen LogP contribution in [0, 0.1) is 0 Å². The molecule has 1 atom stereocenters. The van der Waals surface area contributed by atoms with Crippen LogP contribution in [0.1, 0.15) is 26.3 Å². The van der Waals surface area contributed by atoms with E-state index < -0.39 is 17.6 Å². The van der Waals surface area contributed by atoms with Crippen LogP contribution in [0.3, 0.4) is 0 Å². The lowest BCUT2D eigenvalue weighted by Gasteiger charge is -2.22. The summed E-state index contributed by atoms with van der Waals surface area (Å²) in [6.45, 7) is 5.41. The second-order valence-corrected chi connectivity index (χ2v) is 5.74. The van der Waals surface area contributed by atoms with Crippen molar-refractivity contribution in [2.75, 3.05) is 7.11 Å². The van der Waals surface area contributed by atoms with Crippen LogP contribution in [0.2, 0.25) is 5.02 Å². The number of carbonyl (C=O) groups excluding carboxylic acids is 1. The number of hydrogen-bond acceptors (Lipinski definition) is 4. The van der Waals surface area contributed by atoms with Gasteiger partial charge in [0.25, 0.3) is 0 Å². The molecule has 1 unspecified atom stereocenters. The molecule has 0 heterocycles. The molecular formula is C14H20ClNO3. The largest absolute Gasteiger partial charge is 0.496 e. The van der Waals surface area contributed by atoms with Gasteiger partial charge < -0.3 is 15.2 Å². The normalized spacial score (nSPS) is 12.9. The van der Waals surface area contributed by atoms with Crippen molar-refractivity contribution in [1.82, 2.24) is 0 Å². The summed E-state index contributed by atoms with van der Waals surface area (Å²) in [4.78, 5) is 11.8. The second kappa shape index (κ2) is 6.26. The number of halogens is 1. The van der Waals surface area contributed by atoms with Crippen LogP contribution in [-0.4, -0.2) is 24.7 Å². The van der Waals surface area contributed by atoms with Gasteiger partial charge >= 0.3 is 5.97 Å². The van der Waals surface area contributed by atoms with Gasteiger partial charge in [-0.15, -0.1) is 0 Å². The summed E-state index contributed by atoms with van der Waals surface area (Å²) in [5.74, 6) is 0.220. The molecular weight excluding hydrogens is 266 g/mol. The molecule has 0 radical (unpaired) electrons. The minimum atomic E-state index is -0.744. The van der Waals surface area contributed by atoms with E-state index in [1.54, 1.807) is 46.1 Å². The third-order valence-electron chi connectivity index (χ3n) is 2.39. The molecule has 0 aliphatic heterocycles. The quantitative estimate of drug-likeness (QED) is 0.864. The highest BCUT2D eigenvalue weighted by Crippen LogP contribution is 2.24. The molecule has 4 nitrogen and oxygen atoms in total. The smallest absolute Gasteiger partial charge is 0.323 e. The van der Waals surface area contributed by atoms with Gasteiger partial charge in [0.15, 0.2) is 0 Å². The van der Waals surface area contributed by atoms with Crippen LogP contribution < -0.4 is 10.5 Å². The van der Waals surface area contributed by atoms with Gasteiger partial charge in [-0.3, -0.25) is 4.79 Å². The Bertz CT molecular complexity index is 454. The van der Waals surface area contributed by atoms with Crippen LogP contribution in [0.15, 0.2) is 18.2 Å². The van der Waals surface area contributed by atoms with E-state index in [-0.39, 0.29) is 0 Å². The lowest BCUT2D eigenvalue weighted by molar-refractivity contribution is -0.156. The maximum Gasteiger partial charge on any atom is 0.323 e. The van der Waals surface area contributed by atoms with Gasteiger partial charge in [-0.2, -0.15) is 0 Å². The number of nitrogens with two attached hydrogens (primary N) is 1. The van der Waals surface area contributed by atoms with Crippen molar-refractivity contribution in [3.8, 4) is 5.75 Å². The minimum absolute atomic E-state index is 0.318. The second-order valence-electron chi connectivity index (χ2n) is 5.30. The molecule has 2 N–H and O–H groups in total. The van der Waals surface area contributed by atoms with Crippen molar-refractivity contribution in [2.45, 2.75) is 38.8 Å². The van der Waals surface area contributed by atoms with Gasteiger partial charge in [-0.05, 0) is 44.5 Å². The number of rotatable bonds is 4. The fraction of sp³-hybridized carbons (Fsp3) is 0.500. The summed E-state index contributed by atoms with van der Waals surface area (Å²) in [5.41, 5.74) is 6.09. The number of esters is 1. The first-order valence-electron chi connectivity index (χ1n) is 6.04. The van der Waals surface area contributed by atoms with Gasteiger partial charge in [0.1, 0.15) is 17.4 Å². The molecule has 0 aromatic heterocycles. The zero-order valence-corrected chi connectivity index (χ0v) is 12.5. The number of carbonyl (C=O) groups is 1. The molecule has 0 aliphatic carbocycles. The Balaban J connectivity index is 2.79. The van der Waals surface area contributed by atoms with Crippen molar-refractivity contribution in [3.05, 3.63) is 28.8 Å². The Morgan fingerprint density at radius 1 is 1.42 bits per heavy atom. The Morgan fingerprint density at radius 2 is 2.05 bits per heavy atom. The average Bonchev–Trinajstić information content (AvgIpc) is 2.27. The van der Waals surface area contributed by atoms with Crippen LogP contribution in [0.25, 0.3) is 0 Å². The lowest BCUT2D eigenvalue weighted by Crippen LogP contribution is -2.38. The van der Waals surface area contributed by atoms with Crippen molar-refractivity contribution < 1.29 is 14.3 Å². The minimum Gasteiger partial charge on any atom is -0.496 e. The monoisotopic (exact) mass is 285 g/mol. The molecule has 1 aromatic rings. The number of ether oxygens (including phenoxy) is 2. The highest BCUT2D eigenvalue weighted by Gasteiger charge is 2.23. The van der Waals surface area contributed by atoms with Gasteiger partial charge in [-0.25, -0.2) is 0 Å². The highest BCUT2D eigenvalue weighted by molar-refractivity contribution is 6.30. The zero-order chi connectivity index (χ0) is 14.6. The molecule has 0 amide bonds. The lowest BCUT2D eigenvalue weighted by atomic mass is 10.1. The summed E-state index contributed by atoms with van der Waals surface area (Å²) >= 11 is 5.93. The van der Waals surface area contributed by atoms with Crippen LogP contribution in [-0.2, 0) is 16.0 Å². The van der Waals surface area contributed by atoms with E-state index in [9.17, 15) is 4.79 Å². The van der Waals surface area contributed by atoms with E-state index in [1.165, 1.54) is 0 Å². The number of benzene rings is 1. The number of hydrogen-bond donors (Lipinski definition) is 1. The Labute approximate surface area is 118 Å². The molecule has 0 aliphatic rings. The fourth-order valence-corrected chi connectivity index (χ4v) is 1.80. The van der Waals surface area contributed by atoms with E-state index in [1.807, 2.05) is 0 Å². The third kappa shape index (κ3) is 5.09. The molecule has 0 bridgehead atoms.